The van der Waals surface area contributed by atoms with Gasteiger partial charge < -0.3 is 16.2 Å². The number of aromatic carboxylic acids is 1. The third-order valence-corrected chi connectivity index (χ3v) is 3.58. The van der Waals surface area contributed by atoms with E-state index in [0.29, 0.717) is 16.4 Å². The van der Waals surface area contributed by atoms with E-state index in [4.69, 9.17) is 17.3 Å². The van der Waals surface area contributed by atoms with Crippen LogP contribution in [-0.4, -0.2) is 11.1 Å². The molecule has 4 N–H and O–H groups in total. The maximum Gasteiger partial charge on any atom is 0.337 e. The zero-order chi connectivity index (χ0) is 15.6. The highest BCUT2D eigenvalue weighted by Gasteiger charge is 2.17. The van der Waals surface area contributed by atoms with Crippen molar-refractivity contribution >= 4 is 28.9 Å². The fourth-order valence-electron chi connectivity index (χ4n) is 2.10. The molecule has 0 aliphatic carbocycles. The lowest BCUT2D eigenvalue weighted by molar-refractivity contribution is 0.0698. The van der Waals surface area contributed by atoms with Crippen LogP contribution in [0.3, 0.4) is 0 Å². The van der Waals surface area contributed by atoms with Crippen LogP contribution in [0.4, 0.5) is 11.4 Å². The number of aryl methyl sites for hydroxylation is 1. The van der Waals surface area contributed by atoms with E-state index in [-0.39, 0.29) is 11.6 Å². The predicted molar refractivity (Wildman–Crippen MR) is 86.0 cm³/mol. The molecule has 2 rings (SSSR count). The first-order chi connectivity index (χ1) is 9.88. The molecule has 21 heavy (non-hydrogen) atoms. The Balaban J connectivity index is 2.34. The molecule has 0 bridgehead atoms. The van der Waals surface area contributed by atoms with Crippen LogP contribution in [0.1, 0.15) is 34.5 Å². The molecular formula is C16H17ClN2O2. The van der Waals surface area contributed by atoms with Crippen LogP contribution in [0, 0.1) is 6.92 Å². The maximum absolute atomic E-state index is 11.3. The van der Waals surface area contributed by atoms with Crippen molar-refractivity contribution in [2.24, 2.45) is 0 Å². The Bertz CT molecular complexity index is 669. The molecule has 0 saturated carbocycles. The Morgan fingerprint density at radius 2 is 1.90 bits per heavy atom. The number of carbonyl (C=O) groups is 1. The molecule has 0 aliphatic rings. The van der Waals surface area contributed by atoms with E-state index in [1.54, 1.807) is 0 Å². The summed E-state index contributed by atoms with van der Waals surface area (Å²) in [7, 11) is 0. The SMILES string of the molecule is Cc1ccc(C(C)Nc2c(Cl)cc(N)cc2C(=O)O)cc1. The zero-order valence-electron chi connectivity index (χ0n) is 11.9. The number of nitrogens with two attached hydrogens (primary N) is 1. The normalized spacial score (nSPS) is 12.0. The van der Waals surface area contributed by atoms with E-state index in [2.05, 4.69) is 5.32 Å². The lowest BCUT2D eigenvalue weighted by atomic mass is 10.0. The van der Waals surface area contributed by atoms with Gasteiger partial charge in [0.15, 0.2) is 0 Å². The number of carboxylic acid groups (broad SMARTS) is 1. The van der Waals surface area contributed by atoms with Gasteiger partial charge in [0.05, 0.1) is 16.3 Å². The van der Waals surface area contributed by atoms with Crippen LogP contribution in [0.5, 0.6) is 0 Å². The Labute approximate surface area is 128 Å². The third kappa shape index (κ3) is 3.47. The number of anilines is 2. The van der Waals surface area contributed by atoms with E-state index < -0.39 is 5.97 Å². The van der Waals surface area contributed by atoms with Crippen LogP contribution in [0.25, 0.3) is 0 Å². The summed E-state index contributed by atoms with van der Waals surface area (Å²) in [5, 5.41) is 12.7. The average Bonchev–Trinajstić information content (AvgIpc) is 2.41. The van der Waals surface area contributed by atoms with Crippen molar-refractivity contribution in [2.75, 3.05) is 11.1 Å². The van der Waals surface area contributed by atoms with Crippen LogP contribution in [0.15, 0.2) is 36.4 Å². The first kappa shape index (κ1) is 15.2. The van der Waals surface area contributed by atoms with E-state index >= 15 is 0 Å². The van der Waals surface area contributed by atoms with Gasteiger partial charge in [-0.05, 0) is 31.5 Å². The van der Waals surface area contributed by atoms with Crippen molar-refractivity contribution < 1.29 is 9.90 Å². The minimum atomic E-state index is -1.07. The van der Waals surface area contributed by atoms with Crippen molar-refractivity contribution in [3.63, 3.8) is 0 Å². The quantitative estimate of drug-likeness (QED) is 0.743. The number of nitrogens with one attached hydrogen (secondary N) is 1. The monoisotopic (exact) mass is 304 g/mol. The summed E-state index contributed by atoms with van der Waals surface area (Å²) in [6.45, 7) is 3.96. The maximum atomic E-state index is 11.3. The molecule has 4 nitrogen and oxygen atoms in total. The molecule has 0 heterocycles. The minimum Gasteiger partial charge on any atom is -0.478 e. The number of nitrogen functional groups attached to an aromatic ring is 1. The topological polar surface area (TPSA) is 75.3 Å². The van der Waals surface area contributed by atoms with Crippen molar-refractivity contribution in [1.29, 1.82) is 0 Å². The van der Waals surface area contributed by atoms with Crippen molar-refractivity contribution in [3.8, 4) is 0 Å². The summed E-state index contributed by atoms with van der Waals surface area (Å²) in [4.78, 5) is 11.3. The van der Waals surface area contributed by atoms with E-state index in [1.165, 1.54) is 17.7 Å². The van der Waals surface area contributed by atoms with Gasteiger partial charge in [-0.15, -0.1) is 0 Å². The van der Waals surface area contributed by atoms with Gasteiger partial charge in [-0.3, -0.25) is 0 Å². The summed E-state index contributed by atoms with van der Waals surface area (Å²) in [5.41, 5.74) is 8.64. The molecule has 0 aliphatic heterocycles. The largest absolute Gasteiger partial charge is 0.478 e. The van der Waals surface area contributed by atoms with Gasteiger partial charge in [0.2, 0.25) is 0 Å². The number of hydrogen-bond donors (Lipinski definition) is 3. The van der Waals surface area contributed by atoms with Gasteiger partial charge in [0, 0.05) is 11.7 Å². The molecule has 2 aromatic carbocycles. The molecule has 0 fully saturated rings. The fraction of sp³-hybridized carbons (Fsp3) is 0.188. The smallest absolute Gasteiger partial charge is 0.337 e. The van der Waals surface area contributed by atoms with E-state index in [1.807, 2.05) is 38.1 Å². The highest BCUT2D eigenvalue weighted by atomic mass is 35.5. The number of benzene rings is 2. The third-order valence-electron chi connectivity index (χ3n) is 3.28. The minimum absolute atomic E-state index is 0.0685. The summed E-state index contributed by atoms with van der Waals surface area (Å²) >= 11 is 6.13. The van der Waals surface area contributed by atoms with E-state index in [9.17, 15) is 9.90 Å². The van der Waals surface area contributed by atoms with Crippen molar-refractivity contribution in [1.82, 2.24) is 0 Å². The lowest BCUT2D eigenvalue weighted by Crippen LogP contribution is -2.12. The summed E-state index contributed by atoms with van der Waals surface area (Å²) in [5.74, 6) is -1.07. The van der Waals surface area contributed by atoms with Gasteiger partial charge in [-0.2, -0.15) is 0 Å². The standard InChI is InChI=1S/C16H17ClN2O2/c1-9-3-5-11(6-4-9)10(2)19-15-13(16(20)21)7-12(18)8-14(15)17/h3-8,10,19H,18H2,1-2H3,(H,20,21). The van der Waals surface area contributed by atoms with Crippen molar-refractivity contribution in [2.45, 2.75) is 19.9 Å². The fourth-order valence-corrected chi connectivity index (χ4v) is 2.38. The molecule has 1 atom stereocenters. The molecular weight excluding hydrogens is 288 g/mol. The second kappa shape index (κ2) is 6.06. The molecule has 0 radical (unpaired) electrons. The van der Waals surface area contributed by atoms with Gasteiger partial charge in [0.25, 0.3) is 0 Å². The molecule has 2 aromatic rings. The summed E-state index contributed by atoms with van der Waals surface area (Å²) in [6, 6.07) is 10.9. The Morgan fingerprint density at radius 3 is 2.48 bits per heavy atom. The summed E-state index contributed by atoms with van der Waals surface area (Å²) < 4.78 is 0. The number of carboxylic acids is 1. The second-order valence-electron chi connectivity index (χ2n) is 5.01. The van der Waals surface area contributed by atoms with Crippen LogP contribution in [-0.2, 0) is 0 Å². The lowest BCUT2D eigenvalue weighted by Gasteiger charge is -2.19. The van der Waals surface area contributed by atoms with Crippen LogP contribution in [0.2, 0.25) is 5.02 Å². The second-order valence-corrected chi connectivity index (χ2v) is 5.41. The summed E-state index contributed by atoms with van der Waals surface area (Å²) in [6.07, 6.45) is 0. The molecule has 0 aromatic heterocycles. The molecule has 110 valence electrons. The molecule has 0 saturated heterocycles. The van der Waals surface area contributed by atoms with Crippen LogP contribution >= 0.6 is 11.6 Å². The number of halogens is 1. The first-order valence-electron chi connectivity index (χ1n) is 6.54. The van der Waals surface area contributed by atoms with E-state index in [0.717, 1.165) is 5.56 Å². The average molecular weight is 305 g/mol. The Morgan fingerprint density at radius 1 is 1.29 bits per heavy atom. The van der Waals surface area contributed by atoms with Gasteiger partial charge in [-0.1, -0.05) is 41.4 Å². The molecule has 5 heteroatoms. The Kier molecular flexibility index (Phi) is 4.38. The van der Waals surface area contributed by atoms with Gasteiger partial charge in [0.1, 0.15) is 0 Å². The van der Waals surface area contributed by atoms with Gasteiger partial charge >= 0.3 is 5.97 Å². The Hall–Kier alpha value is -2.20. The molecule has 1 unspecified atom stereocenters. The molecule has 0 spiro atoms. The van der Waals surface area contributed by atoms with Gasteiger partial charge in [-0.25, -0.2) is 4.79 Å². The first-order valence-corrected chi connectivity index (χ1v) is 6.91. The zero-order valence-corrected chi connectivity index (χ0v) is 12.6. The highest BCUT2D eigenvalue weighted by molar-refractivity contribution is 6.34. The number of hydrogen-bond acceptors (Lipinski definition) is 3. The predicted octanol–water partition coefficient (Wildman–Crippen LogP) is 4.10. The van der Waals surface area contributed by atoms with Crippen LogP contribution < -0.4 is 11.1 Å². The number of rotatable bonds is 4. The molecule has 0 amide bonds. The highest BCUT2D eigenvalue weighted by Crippen LogP contribution is 2.32. The van der Waals surface area contributed by atoms with Crippen molar-refractivity contribution in [3.05, 3.63) is 58.1 Å².